The van der Waals surface area contributed by atoms with Crippen molar-refractivity contribution in [2.45, 2.75) is 19.8 Å². The minimum atomic E-state index is 0.498. The third-order valence-corrected chi connectivity index (χ3v) is 2.36. The fraction of sp³-hybridized carbons (Fsp3) is 0.300. The van der Waals surface area contributed by atoms with E-state index in [4.69, 9.17) is 11.6 Å². The van der Waals surface area contributed by atoms with E-state index in [1.807, 2.05) is 18.3 Å². The molecule has 0 aliphatic carbocycles. The molecule has 13 heavy (non-hydrogen) atoms. The summed E-state index contributed by atoms with van der Waals surface area (Å²) < 4.78 is 0. The highest BCUT2D eigenvalue weighted by Gasteiger charge is 2.07. The van der Waals surface area contributed by atoms with Gasteiger partial charge in [0, 0.05) is 11.6 Å². The van der Waals surface area contributed by atoms with Gasteiger partial charge in [-0.2, -0.15) is 0 Å². The number of H-pyrrole nitrogens is 1. The molecule has 0 atom stereocenters. The van der Waals surface area contributed by atoms with E-state index in [9.17, 15) is 0 Å². The van der Waals surface area contributed by atoms with Crippen molar-refractivity contribution < 1.29 is 0 Å². The van der Waals surface area contributed by atoms with Gasteiger partial charge >= 0.3 is 0 Å². The van der Waals surface area contributed by atoms with Crippen molar-refractivity contribution in [2.24, 2.45) is 0 Å². The molecule has 1 N–H and O–H groups in total. The Hall–Kier alpha value is -1.02. The van der Waals surface area contributed by atoms with Gasteiger partial charge in [-0.1, -0.05) is 25.4 Å². The molecule has 0 radical (unpaired) electrons. The lowest BCUT2D eigenvalue weighted by Crippen LogP contribution is -1.88. The van der Waals surface area contributed by atoms with Crippen molar-refractivity contribution in [1.82, 2.24) is 9.97 Å². The van der Waals surface area contributed by atoms with Gasteiger partial charge in [-0.25, -0.2) is 4.98 Å². The van der Waals surface area contributed by atoms with Gasteiger partial charge in [0.15, 0.2) is 0 Å². The van der Waals surface area contributed by atoms with E-state index in [-0.39, 0.29) is 0 Å². The molecular formula is C10H11ClN2. The molecule has 0 fully saturated rings. The number of halogens is 1. The van der Waals surface area contributed by atoms with Crippen molar-refractivity contribution in [3.8, 4) is 0 Å². The van der Waals surface area contributed by atoms with Crippen LogP contribution in [-0.4, -0.2) is 9.97 Å². The number of nitrogens with zero attached hydrogens (tertiary/aromatic N) is 1. The molecule has 0 bridgehead atoms. The van der Waals surface area contributed by atoms with Gasteiger partial charge in [0.25, 0.3) is 0 Å². The largest absolute Gasteiger partial charge is 0.330 e. The molecule has 2 aromatic rings. The number of rotatable bonds is 1. The Bertz CT molecular complexity index is 431. The van der Waals surface area contributed by atoms with Crippen LogP contribution in [0.4, 0.5) is 0 Å². The SMILES string of the molecule is CC(C)c1ccnc2[nH]c(Cl)cc12. The number of aromatic nitrogens is 2. The van der Waals surface area contributed by atoms with Crippen LogP contribution in [0.15, 0.2) is 18.3 Å². The highest BCUT2D eigenvalue weighted by Crippen LogP contribution is 2.25. The molecule has 2 aromatic heterocycles. The van der Waals surface area contributed by atoms with E-state index in [1.165, 1.54) is 5.56 Å². The second-order valence-corrected chi connectivity index (χ2v) is 3.84. The van der Waals surface area contributed by atoms with Gasteiger partial charge in [-0.05, 0) is 23.6 Å². The Morgan fingerprint density at radius 1 is 1.46 bits per heavy atom. The monoisotopic (exact) mass is 194 g/mol. The molecule has 2 heterocycles. The van der Waals surface area contributed by atoms with Crippen LogP contribution in [0.2, 0.25) is 5.15 Å². The number of hydrogen-bond acceptors (Lipinski definition) is 1. The molecule has 0 aromatic carbocycles. The van der Waals surface area contributed by atoms with Crippen molar-refractivity contribution >= 4 is 22.6 Å². The van der Waals surface area contributed by atoms with Gasteiger partial charge in [0.1, 0.15) is 10.8 Å². The highest BCUT2D eigenvalue weighted by molar-refractivity contribution is 6.30. The van der Waals surface area contributed by atoms with Crippen molar-refractivity contribution in [1.29, 1.82) is 0 Å². The molecule has 0 amide bonds. The predicted molar refractivity (Wildman–Crippen MR) is 55.2 cm³/mol. The van der Waals surface area contributed by atoms with Gasteiger partial charge in [0.2, 0.25) is 0 Å². The zero-order chi connectivity index (χ0) is 9.42. The summed E-state index contributed by atoms with van der Waals surface area (Å²) in [7, 11) is 0. The Balaban J connectivity index is 2.75. The summed E-state index contributed by atoms with van der Waals surface area (Å²) >= 11 is 5.86. The quantitative estimate of drug-likeness (QED) is 0.741. The lowest BCUT2D eigenvalue weighted by Gasteiger charge is -2.05. The van der Waals surface area contributed by atoms with E-state index in [2.05, 4.69) is 23.8 Å². The molecule has 2 rings (SSSR count). The summed E-state index contributed by atoms with van der Waals surface area (Å²) in [4.78, 5) is 7.21. The number of hydrogen-bond donors (Lipinski definition) is 1. The molecule has 68 valence electrons. The van der Waals surface area contributed by atoms with Crippen LogP contribution < -0.4 is 0 Å². The van der Waals surface area contributed by atoms with Gasteiger partial charge < -0.3 is 4.98 Å². The molecule has 0 saturated carbocycles. The van der Waals surface area contributed by atoms with E-state index in [0.29, 0.717) is 11.1 Å². The Morgan fingerprint density at radius 3 is 2.92 bits per heavy atom. The first-order chi connectivity index (χ1) is 6.18. The third kappa shape index (κ3) is 1.42. The molecule has 2 nitrogen and oxygen atoms in total. The van der Waals surface area contributed by atoms with Crippen LogP contribution >= 0.6 is 11.6 Å². The van der Waals surface area contributed by atoms with Crippen LogP contribution in [-0.2, 0) is 0 Å². The van der Waals surface area contributed by atoms with Crippen LogP contribution in [0.5, 0.6) is 0 Å². The van der Waals surface area contributed by atoms with Crippen molar-refractivity contribution in [3.05, 3.63) is 29.0 Å². The number of pyridine rings is 1. The van der Waals surface area contributed by atoms with Crippen molar-refractivity contribution in [2.75, 3.05) is 0 Å². The number of nitrogens with one attached hydrogen (secondary N) is 1. The summed E-state index contributed by atoms with van der Waals surface area (Å²) in [5, 5.41) is 1.78. The highest BCUT2D eigenvalue weighted by atomic mass is 35.5. The normalized spacial score (nSPS) is 11.4. The molecule has 0 saturated heterocycles. The first-order valence-electron chi connectivity index (χ1n) is 4.31. The summed E-state index contributed by atoms with van der Waals surface area (Å²) in [6, 6.07) is 3.97. The lowest BCUT2D eigenvalue weighted by molar-refractivity contribution is 0.874. The minimum Gasteiger partial charge on any atom is -0.330 e. The molecule has 0 unspecified atom stereocenters. The van der Waals surface area contributed by atoms with Crippen molar-refractivity contribution in [3.63, 3.8) is 0 Å². The fourth-order valence-electron chi connectivity index (χ4n) is 1.52. The molecule has 0 aliphatic heterocycles. The van der Waals surface area contributed by atoms with Gasteiger partial charge in [0.05, 0.1) is 0 Å². The maximum Gasteiger partial charge on any atom is 0.138 e. The van der Waals surface area contributed by atoms with Crippen LogP contribution in [0.3, 0.4) is 0 Å². The van der Waals surface area contributed by atoms with Gasteiger partial charge in [-0.3, -0.25) is 0 Å². The second kappa shape index (κ2) is 3.04. The molecule has 0 aliphatic rings. The molecule has 3 heteroatoms. The third-order valence-electron chi connectivity index (χ3n) is 2.15. The van der Waals surface area contributed by atoms with E-state index < -0.39 is 0 Å². The topological polar surface area (TPSA) is 28.7 Å². The van der Waals surface area contributed by atoms with Gasteiger partial charge in [-0.15, -0.1) is 0 Å². The summed E-state index contributed by atoms with van der Waals surface area (Å²) in [5.74, 6) is 0.498. The number of aromatic amines is 1. The minimum absolute atomic E-state index is 0.498. The Labute approximate surface area is 81.9 Å². The first-order valence-corrected chi connectivity index (χ1v) is 4.69. The van der Waals surface area contributed by atoms with Crippen LogP contribution in [0.25, 0.3) is 11.0 Å². The summed E-state index contributed by atoms with van der Waals surface area (Å²) in [6.45, 7) is 4.32. The molecule has 0 spiro atoms. The standard InChI is InChI=1S/C10H11ClN2/c1-6(2)7-3-4-12-10-8(7)5-9(11)13-10/h3-6H,1-2H3,(H,12,13). The number of fused-ring (bicyclic) bond motifs is 1. The van der Waals surface area contributed by atoms with E-state index >= 15 is 0 Å². The summed E-state index contributed by atoms with van der Waals surface area (Å²) in [5.41, 5.74) is 2.16. The van der Waals surface area contributed by atoms with E-state index in [1.54, 1.807) is 0 Å². The maximum atomic E-state index is 5.86. The average molecular weight is 195 g/mol. The zero-order valence-electron chi connectivity index (χ0n) is 7.63. The average Bonchev–Trinajstić information content (AvgIpc) is 2.43. The fourth-order valence-corrected chi connectivity index (χ4v) is 1.72. The first kappa shape index (κ1) is 8.57. The summed E-state index contributed by atoms with van der Waals surface area (Å²) in [6.07, 6.45) is 1.81. The smallest absolute Gasteiger partial charge is 0.138 e. The zero-order valence-corrected chi connectivity index (χ0v) is 8.39. The maximum absolute atomic E-state index is 5.86. The molecular weight excluding hydrogens is 184 g/mol. The van der Waals surface area contributed by atoms with Crippen LogP contribution in [0.1, 0.15) is 25.3 Å². The second-order valence-electron chi connectivity index (χ2n) is 3.43. The Kier molecular flexibility index (Phi) is 2.00. The van der Waals surface area contributed by atoms with E-state index in [0.717, 1.165) is 11.0 Å². The predicted octanol–water partition coefficient (Wildman–Crippen LogP) is 3.34. The Morgan fingerprint density at radius 2 is 2.23 bits per heavy atom. The van der Waals surface area contributed by atoms with Crippen LogP contribution in [0, 0.1) is 0 Å². The lowest BCUT2D eigenvalue weighted by atomic mass is 10.0.